The van der Waals surface area contributed by atoms with Crippen LogP contribution in [-0.4, -0.2) is 29.3 Å². The molecule has 0 aliphatic heterocycles. The minimum atomic E-state index is -3.67. The third kappa shape index (κ3) is 6.19. The zero-order chi connectivity index (χ0) is 16.8. The van der Waals surface area contributed by atoms with Gasteiger partial charge in [-0.2, -0.15) is 0 Å². The fraction of sp³-hybridized carbons (Fsp3) is 0.625. The summed E-state index contributed by atoms with van der Waals surface area (Å²) in [6.07, 6.45) is -1.32. The molecule has 0 aliphatic carbocycles. The number of hydrogen-bond donors (Lipinski definition) is 1. The lowest BCUT2D eigenvalue weighted by Crippen LogP contribution is -2.29. The number of aliphatic hydroxyl groups excluding tert-OH is 1. The number of rotatable bonds is 9. The van der Waals surface area contributed by atoms with Crippen molar-refractivity contribution in [3.63, 3.8) is 0 Å². The SMILES string of the molecule is CC(C)OP(=O)(OC(C)C)[C@@H](O)[C@@H](C)OCc1ccccc1. The standard InChI is InChI=1S/C16H27O5P/c1-12(2)20-22(18,21-13(3)4)16(17)14(5)19-11-15-9-7-6-8-10-15/h6-10,12-14,16-17H,11H2,1-5H3/t14-,16-/m1/s1. The molecule has 0 heterocycles. The lowest BCUT2D eigenvalue weighted by atomic mass is 10.2. The van der Waals surface area contributed by atoms with Gasteiger partial charge in [-0.3, -0.25) is 4.57 Å². The average molecular weight is 330 g/mol. The van der Waals surface area contributed by atoms with Gasteiger partial charge in [-0.25, -0.2) is 0 Å². The maximum Gasteiger partial charge on any atom is 0.362 e. The van der Waals surface area contributed by atoms with Crippen LogP contribution in [0.3, 0.4) is 0 Å². The van der Waals surface area contributed by atoms with Gasteiger partial charge in [0.05, 0.1) is 24.9 Å². The molecule has 0 bridgehead atoms. The zero-order valence-corrected chi connectivity index (χ0v) is 14.8. The molecule has 0 aliphatic rings. The van der Waals surface area contributed by atoms with E-state index >= 15 is 0 Å². The van der Waals surface area contributed by atoms with Gasteiger partial charge >= 0.3 is 7.60 Å². The van der Waals surface area contributed by atoms with Crippen LogP contribution >= 0.6 is 7.60 Å². The second-order valence-electron chi connectivity index (χ2n) is 5.76. The highest BCUT2D eigenvalue weighted by Gasteiger charge is 2.40. The van der Waals surface area contributed by atoms with Crippen molar-refractivity contribution < 1.29 is 23.5 Å². The fourth-order valence-corrected chi connectivity index (χ4v) is 3.96. The van der Waals surface area contributed by atoms with Gasteiger partial charge in [-0.15, -0.1) is 0 Å². The van der Waals surface area contributed by atoms with E-state index in [2.05, 4.69) is 0 Å². The van der Waals surface area contributed by atoms with Gasteiger partial charge in [0.2, 0.25) is 0 Å². The second kappa shape index (κ2) is 8.80. The third-order valence-electron chi connectivity index (χ3n) is 2.82. The largest absolute Gasteiger partial charge is 0.378 e. The smallest absolute Gasteiger partial charge is 0.362 e. The molecule has 1 N–H and O–H groups in total. The van der Waals surface area contributed by atoms with E-state index in [9.17, 15) is 9.67 Å². The van der Waals surface area contributed by atoms with Gasteiger partial charge in [0, 0.05) is 0 Å². The van der Waals surface area contributed by atoms with Crippen LogP contribution in [-0.2, 0) is 25.0 Å². The minimum absolute atomic E-state index is 0.319. The number of hydrogen-bond acceptors (Lipinski definition) is 5. The van der Waals surface area contributed by atoms with Crippen molar-refractivity contribution in [1.82, 2.24) is 0 Å². The topological polar surface area (TPSA) is 65.0 Å². The van der Waals surface area contributed by atoms with Gasteiger partial charge in [-0.1, -0.05) is 30.3 Å². The summed E-state index contributed by atoms with van der Waals surface area (Å²) in [5, 5.41) is 10.4. The minimum Gasteiger partial charge on any atom is -0.378 e. The molecule has 0 radical (unpaired) electrons. The molecule has 0 aromatic heterocycles. The third-order valence-corrected chi connectivity index (χ3v) is 5.31. The highest BCUT2D eigenvalue weighted by atomic mass is 31.2. The normalized spacial score (nSPS) is 15.3. The Bertz CT molecular complexity index is 461. The molecule has 1 rings (SSSR count). The van der Waals surface area contributed by atoms with E-state index in [1.54, 1.807) is 34.6 Å². The summed E-state index contributed by atoms with van der Waals surface area (Å²) in [5.41, 5.74) is 0.978. The highest BCUT2D eigenvalue weighted by Crippen LogP contribution is 2.55. The molecule has 0 fully saturated rings. The van der Waals surface area contributed by atoms with Crippen molar-refractivity contribution in [2.75, 3.05) is 0 Å². The van der Waals surface area contributed by atoms with Crippen LogP contribution in [0.25, 0.3) is 0 Å². The summed E-state index contributed by atoms with van der Waals surface area (Å²) < 4.78 is 29.2. The maximum atomic E-state index is 12.8. The maximum absolute atomic E-state index is 12.8. The predicted molar refractivity (Wildman–Crippen MR) is 86.7 cm³/mol. The molecule has 0 amide bonds. The number of ether oxygens (including phenoxy) is 1. The summed E-state index contributed by atoms with van der Waals surface area (Å²) in [5.74, 6) is -1.33. The molecular weight excluding hydrogens is 303 g/mol. The van der Waals surface area contributed by atoms with Gasteiger partial charge in [-0.05, 0) is 40.2 Å². The summed E-state index contributed by atoms with van der Waals surface area (Å²) in [7, 11) is -3.67. The van der Waals surface area contributed by atoms with Crippen LogP contribution in [0.4, 0.5) is 0 Å². The fourth-order valence-electron chi connectivity index (χ4n) is 1.88. The van der Waals surface area contributed by atoms with Crippen LogP contribution in [0.2, 0.25) is 0 Å². The molecular formula is C16H27O5P. The first-order valence-electron chi connectivity index (χ1n) is 7.54. The van der Waals surface area contributed by atoms with Crippen molar-refractivity contribution in [2.24, 2.45) is 0 Å². The van der Waals surface area contributed by atoms with Crippen molar-refractivity contribution in [2.45, 2.75) is 65.4 Å². The van der Waals surface area contributed by atoms with E-state index in [1.807, 2.05) is 30.3 Å². The lowest BCUT2D eigenvalue weighted by Gasteiger charge is -2.29. The van der Waals surface area contributed by atoms with Crippen LogP contribution in [0.15, 0.2) is 30.3 Å². The van der Waals surface area contributed by atoms with Gasteiger partial charge < -0.3 is 18.9 Å². The Balaban J connectivity index is 2.71. The predicted octanol–water partition coefficient (Wildman–Crippen LogP) is 3.95. The van der Waals surface area contributed by atoms with Crippen LogP contribution in [0, 0.1) is 0 Å². The molecule has 0 saturated carbocycles. The second-order valence-corrected chi connectivity index (χ2v) is 7.79. The van der Waals surface area contributed by atoms with Gasteiger partial charge in [0.1, 0.15) is 0 Å². The van der Waals surface area contributed by atoms with Crippen molar-refractivity contribution in [3.05, 3.63) is 35.9 Å². The van der Waals surface area contributed by atoms with Gasteiger partial charge in [0.25, 0.3) is 0 Å². The Morgan fingerprint density at radius 2 is 1.50 bits per heavy atom. The molecule has 1 aromatic rings. The Hall–Kier alpha value is -0.710. The molecule has 2 atom stereocenters. The molecule has 6 heteroatoms. The van der Waals surface area contributed by atoms with Crippen LogP contribution in [0.5, 0.6) is 0 Å². The summed E-state index contributed by atoms with van der Waals surface area (Å²) >= 11 is 0. The Labute approximate surface area is 133 Å². The Morgan fingerprint density at radius 1 is 1.00 bits per heavy atom. The molecule has 22 heavy (non-hydrogen) atoms. The first-order chi connectivity index (χ1) is 10.2. The van der Waals surface area contributed by atoms with Crippen molar-refractivity contribution >= 4 is 7.60 Å². The average Bonchev–Trinajstić information content (AvgIpc) is 2.43. The van der Waals surface area contributed by atoms with Crippen molar-refractivity contribution in [3.8, 4) is 0 Å². The van der Waals surface area contributed by atoms with E-state index in [0.717, 1.165) is 5.56 Å². The Kier molecular flexibility index (Phi) is 7.74. The number of aliphatic hydroxyl groups is 1. The monoisotopic (exact) mass is 330 g/mol. The van der Waals surface area contributed by atoms with Crippen LogP contribution < -0.4 is 0 Å². The highest BCUT2D eigenvalue weighted by molar-refractivity contribution is 7.54. The van der Waals surface area contributed by atoms with E-state index in [0.29, 0.717) is 6.61 Å². The molecule has 0 unspecified atom stereocenters. The first kappa shape index (κ1) is 19.3. The summed E-state index contributed by atoms with van der Waals surface area (Å²) in [6.45, 7) is 8.98. The summed E-state index contributed by atoms with van der Waals surface area (Å²) in [4.78, 5) is 0. The molecule has 126 valence electrons. The van der Waals surface area contributed by atoms with E-state index < -0.39 is 19.5 Å². The summed E-state index contributed by atoms with van der Waals surface area (Å²) in [6, 6.07) is 9.59. The number of benzene rings is 1. The van der Waals surface area contributed by atoms with Gasteiger partial charge in [0.15, 0.2) is 5.85 Å². The molecule has 0 saturated heterocycles. The van der Waals surface area contributed by atoms with E-state index in [1.165, 1.54) is 0 Å². The molecule has 0 spiro atoms. The lowest BCUT2D eigenvalue weighted by molar-refractivity contribution is -0.0208. The van der Waals surface area contributed by atoms with Crippen LogP contribution in [0.1, 0.15) is 40.2 Å². The first-order valence-corrected chi connectivity index (χ1v) is 9.16. The molecule has 5 nitrogen and oxygen atoms in total. The molecule has 1 aromatic carbocycles. The van der Waals surface area contributed by atoms with E-state index in [-0.39, 0.29) is 12.2 Å². The Morgan fingerprint density at radius 3 is 1.95 bits per heavy atom. The zero-order valence-electron chi connectivity index (χ0n) is 13.9. The van der Waals surface area contributed by atoms with E-state index in [4.69, 9.17) is 13.8 Å². The quantitative estimate of drug-likeness (QED) is 0.695. The van der Waals surface area contributed by atoms with Crippen molar-refractivity contribution in [1.29, 1.82) is 0 Å².